The van der Waals surface area contributed by atoms with Gasteiger partial charge in [-0.25, -0.2) is 0 Å². The minimum Gasteiger partial charge on any atom is -0.460 e. The van der Waals surface area contributed by atoms with Gasteiger partial charge in [0.1, 0.15) is 18.7 Å². The predicted octanol–water partition coefficient (Wildman–Crippen LogP) is 1.19. The number of aliphatic hydroxyl groups excluding tert-OH is 1. The molecule has 0 radical (unpaired) electrons. The van der Waals surface area contributed by atoms with Crippen LogP contribution in [0.1, 0.15) is 47.5 Å². The van der Waals surface area contributed by atoms with Crippen molar-refractivity contribution in [2.24, 2.45) is 5.73 Å². The van der Waals surface area contributed by atoms with Crippen LogP contribution in [0.25, 0.3) is 0 Å². The van der Waals surface area contributed by atoms with E-state index in [1.54, 1.807) is 27.7 Å². The molecule has 0 fully saturated rings. The molecule has 0 aliphatic heterocycles. The third-order valence-electron chi connectivity index (χ3n) is 3.68. The number of alkyl halides is 3. The van der Waals surface area contributed by atoms with Crippen molar-refractivity contribution in [2.75, 3.05) is 13.2 Å². The van der Waals surface area contributed by atoms with Gasteiger partial charge in [-0.2, -0.15) is 0 Å². The lowest BCUT2D eigenvalue weighted by molar-refractivity contribution is -0.148. The zero-order valence-corrected chi connectivity index (χ0v) is 20.1. The van der Waals surface area contributed by atoms with Crippen molar-refractivity contribution in [3.05, 3.63) is 0 Å². The molecule has 0 saturated heterocycles. The number of rotatable bonds is 11. The molecule has 0 aromatic heterocycles. The summed E-state index contributed by atoms with van der Waals surface area (Å²) in [4.78, 5) is 35.8. The first-order chi connectivity index (χ1) is 13.5. The van der Waals surface area contributed by atoms with Crippen LogP contribution in [0.4, 0.5) is 0 Å². The molecule has 176 valence electrons. The SMILES string of the molecule is CC(NC(=O)C(O)C(C)OC(C)(C)C)C(=O)NCCCC(N)C(=O)OCC(Cl)(Cl)Cl. The molecule has 0 spiro atoms. The van der Waals surface area contributed by atoms with Gasteiger partial charge in [-0.15, -0.1) is 0 Å². The molecule has 0 saturated carbocycles. The number of esters is 1. The normalized spacial score (nSPS) is 16.2. The summed E-state index contributed by atoms with van der Waals surface area (Å²) >= 11 is 16.5. The van der Waals surface area contributed by atoms with Crippen LogP contribution in [0.15, 0.2) is 0 Å². The number of hydrogen-bond donors (Lipinski definition) is 4. The Kier molecular flexibility index (Phi) is 12.5. The Balaban J connectivity index is 4.24. The number of nitrogens with two attached hydrogens (primary N) is 1. The minimum atomic E-state index is -1.71. The van der Waals surface area contributed by atoms with E-state index in [1.807, 2.05) is 0 Å². The average Bonchev–Trinajstić information content (AvgIpc) is 2.59. The summed E-state index contributed by atoms with van der Waals surface area (Å²) in [7, 11) is 0. The highest BCUT2D eigenvalue weighted by Crippen LogP contribution is 2.26. The van der Waals surface area contributed by atoms with E-state index in [9.17, 15) is 19.5 Å². The van der Waals surface area contributed by atoms with Crippen molar-refractivity contribution in [1.82, 2.24) is 10.6 Å². The molecule has 0 rings (SSSR count). The number of hydrogen-bond acceptors (Lipinski definition) is 7. The summed E-state index contributed by atoms with van der Waals surface area (Å²) in [6.45, 7) is 8.26. The van der Waals surface area contributed by atoms with Crippen LogP contribution in [0, 0.1) is 0 Å². The molecule has 12 heteroatoms. The van der Waals surface area contributed by atoms with Gasteiger partial charge in [0.25, 0.3) is 5.91 Å². The van der Waals surface area contributed by atoms with Crippen molar-refractivity contribution in [1.29, 1.82) is 0 Å². The summed E-state index contributed by atoms with van der Waals surface area (Å²) in [5.41, 5.74) is 5.15. The van der Waals surface area contributed by atoms with Gasteiger partial charge in [-0.1, -0.05) is 34.8 Å². The van der Waals surface area contributed by atoms with E-state index >= 15 is 0 Å². The highest BCUT2D eigenvalue weighted by atomic mass is 35.6. The molecule has 0 aliphatic carbocycles. The first-order valence-electron chi connectivity index (χ1n) is 9.46. The maximum atomic E-state index is 12.1. The van der Waals surface area contributed by atoms with Gasteiger partial charge in [0.05, 0.1) is 11.7 Å². The molecule has 0 aliphatic rings. The van der Waals surface area contributed by atoms with Crippen LogP contribution >= 0.6 is 34.8 Å². The van der Waals surface area contributed by atoms with Gasteiger partial charge in [0.15, 0.2) is 6.10 Å². The molecule has 30 heavy (non-hydrogen) atoms. The van der Waals surface area contributed by atoms with Crippen molar-refractivity contribution in [3.63, 3.8) is 0 Å². The summed E-state index contributed by atoms with van der Waals surface area (Å²) in [5, 5.41) is 15.1. The van der Waals surface area contributed by atoms with E-state index in [-0.39, 0.29) is 13.0 Å². The van der Waals surface area contributed by atoms with E-state index in [1.165, 1.54) is 6.92 Å². The number of ether oxygens (including phenoxy) is 2. The molecule has 4 atom stereocenters. The largest absolute Gasteiger partial charge is 0.460 e. The highest BCUT2D eigenvalue weighted by molar-refractivity contribution is 6.67. The number of carbonyl (C=O) groups excluding carboxylic acids is 3. The van der Waals surface area contributed by atoms with Gasteiger partial charge in [-0.3, -0.25) is 14.4 Å². The molecule has 0 bridgehead atoms. The fourth-order valence-corrected chi connectivity index (χ4v) is 2.43. The summed E-state index contributed by atoms with van der Waals surface area (Å²) in [5.74, 6) is -1.88. The van der Waals surface area contributed by atoms with E-state index in [0.29, 0.717) is 6.42 Å². The first kappa shape index (κ1) is 29.2. The van der Waals surface area contributed by atoms with E-state index in [4.69, 9.17) is 50.0 Å². The number of nitrogens with one attached hydrogen (secondary N) is 2. The average molecular weight is 493 g/mol. The third-order valence-corrected chi connectivity index (χ3v) is 4.00. The van der Waals surface area contributed by atoms with Crippen LogP contribution in [0.2, 0.25) is 0 Å². The Hall–Kier alpha value is -0.840. The molecule has 2 amide bonds. The lowest BCUT2D eigenvalue weighted by atomic mass is 10.1. The minimum absolute atomic E-state index is 0.219. The Morgan fingerprint density at radius 2 is 1.67 bits per heavy atom. The van der Waals surface area contributed by atoms with Gasteiger partial charge in [0, 0.05) is 6.54 Å². The highest BCUT2D eigenvalue weighted by Gasteiger charge is 2.29. The standard InChI is InChI=1S/C18H32Cl3N3O6/c1-10(24-15(27)13(25)11(2)30-17(3,4)5)14(26)23-8-6-7-12(22)16(28)29-9-18(19,20)21/h10-13,25H,6-9,22H2,1-5H3,(H,23,26)(H,24,27). The molecule has 0 aromatic carbocycles. The maximum Gasteiger partial charge on any atom is 0.323 e. The van der Waals surface area contributed by atoms with Crippen LogP contribution in [0.3, 0.4) is 0 Å². The van der Waals surface area contributed by atoms with Crippen molar-refractivity contribution < 1.29 is 29.0 Å². The summed E-state index contributed by atoms with van der Waals surface area (Å²) in [6.07, 6.45) is -1.55. The fraction of sp³-hybridized carbons (Fsp3) is 0.833. The quantitative estimate of drug-likeness (QED) is 0.193. The first-order valence-corrected chi connectivity index (χ1v) is 10.6. The summed E-state index contributed by atoms with van der Waals surface area (Å²) < 4.78 is 8.59. The van der Waals surface area contributed by atoms with Crippen molar-refractivity contribution in [2.45, 2.75) is 81.1 Å². The van der Waals surface area contributed by atoms with Crippen LogP contribution < -0.4 is 16.4 Å². The zero-order valence-electron chi connectivity index (χ0n) is 17.8. The number of aliphatic hydroxyl groups is 1. The van der Waals surface area contributed by atoms with Crippen LogP contribution in [0.5, 0.6) is 0 Å². The zero-order chi connectivity index (χ0) is 23.7. The molecule has 0 aromatic rings. The van der Waals surface area contributed by atoms with Gasteiger partial charge < -0.3 is 30.9 Å². The van der Waals surface area contributed by atoms with Gasteiger partial charge in [-0.05, 0) is 47.5 Å². The Morgan fingerprint density at radius 1 is 1.10 bits per heavy atom. The number of halogens is 3. The lowest BCUT2D eigenvalue weighted by Gasteiger charge is -2.28. The third kappa shape index (κ3) is 13.5. The van der Waals surface area contributed by atoms with Crippen LogP contribution in [-0.4, -0.2) is 69.7 Å². The van der Waals surface area contributed by atoms with E-state index in [0.717, 1.165) is 0 Å². The van der Waals surface area contributed by atoms with E-state index in [2.05, 4.69) is 10.6 Å². The summed E-state index contributed by atoms with van der Waals surface area (Å²) in [6, 6.07) is -1.80. The van der Waals surface area contributed by atoms with Gasteiger partial charge in [0.2, 0.25) is 9.70 Å². The van der Waals surface area contributed by atoms with Crippen LogP contribution in [-0.2, 0) is 23.9 Å². The van der Waals surface area contributed by atoms with Crippen molar-refractivity contribution >= 4 is 52.6 Å². The smallest absolute Gasteiger partial charge is 0.323 e. The Morgan fingerprint density at radius 3 is 2.17 bits per heavy atom. The molecule has 9 nitrogen and oxygen atoms in total. The number of carbonyl (C=O) groups is 3. The monoisotopic (exact) mass is 491 g/mol. The lowest BCUT2D eigenvalue weighted by Crippen LogP contribution is -2.51. The molecule has 5 N–H and O–H groups in total. The second kappa shape index (κ2) is 12.9. The second-order valence-corrected chi connectivity index (χ2v) is 10.4. The second-order valence-electron chi connectivity index (χ2n) is 7.87. The number of amides is 2. The van der Waals surface area contributed by atoms with Gasteiger partial charge >= 0.3 is 5.97 Å². The predicted molar refractivity (Wildman–Crippen MR) is 115 cm³/mol. The molecule has 4 unspecified atom stereocenters. The maximum absolute atomic E-state index is 12.1. The Bertz CT molecular complexity index is 580. The molecular weight excluding hydrogens is 461 g/mol. The topological polar surface area (TPSA) is 140 Å². The molecule has 0 heterocycles. The molecular formula is C18H32Cl3N3O6. The van der Waals surface area contributed by atoms with Crippen molar-refractivity contribution in [3.8, 4) is 0 Å². The fourth-order valence-electron chi connectivity index (χ4n) is 2.26. The van der Waals surface area contributed by atoms with E-state index < -0.39 is 58.1 Å². The Labute approximate surface area is 192 Å².